The van der Waals surface area contributed by atoms with E-state index in [4.69, 9.17) is 4.74 Å². The van der Waals surface area contributed by atoms with E-state index in [1.54, 1.807) is 0 Å². The molecule has 2 aromatic rings. The van der Waals surface area contributed by atoms with Crippen molar-refractivity contribution in [3.8, 4) is 5.75 Å². The largest absolute Gasteiger partial charge is 0.492 e. The summed E-state index contributed by atoms with van der Waals surface area (Å²) in [4.78, 5) is 12.4. The SMILES string of the molecule is O=C(NCCOc1ccc(C(F)(F)F)cc1)C1CCCc2ccccc21. The Labute approximate surface area is 150 Å². The molecular weight excluding hydrogens is 343 g/mol. The van der Waals surface area contributed by atoms with Crippen LogP contribution in [0.2, 0.25) is 0 Å². The quantitative estimate of drug-likeness (QED) is 0.804. The summed E-state index contributed by atoms with van der Waals surface area (Å²) < 4.78 is 42.9. The lowest BCUT2D eigenvalue weighted by atomic mass is 9.82. The molecule has 1 aliphatic carbocycles. The van der Waals surface area contributed by atoms with E-state index in [1.165, 1.54) is 17.7 Å². The van der Waals surface area contributed by atoms with Crippen molar-refractivity contribution in [1.29, 1.82) is 0 Å². The number of carbonyl (C=O) groups excluding carboxylic acids is 1. The fraction of sp³-hybridized carbons (Fsp3) is 0.350. The van der Waals surface area contributed by atoms with E-state index in [-0.39, 0.29) is 18.4 Å². The van der Waals surface area contributed by atoms with E-state index in [2.05, 4.69) is 11.4 Å². The number of amides is 1. The second-order valence-electron chi connectivity index (χ2n) is 6.31. The molecule has 1 aliphatic rings. The molecule has 0 spiro atoms. The van der Waals surface area contributed by atoms with Crippen LogP contribution in [0.3, 0.4) is 0 Å². The average molecular weight is 363 g/mol. The van der Waals surface area contributed by atoms with E-state index in [9.17, 15) is 18.0 Å². The third-order valence-electron chi connectivity index (χ3n) is 4.54. The van der Waals surface area contributed by atoms with Crippen LogP contribution in [0.5, 0.6) is 5.75 Å². The predicted octanol–water partition coefficient (Wildman–Crippen LogP) is 4.32. The van der Waals surface area contributed by atoms with Crippen LogP contribution in [-0.4, -0.2) is 19.1 Å². The molecule has 1 atom stereocenters. The van der Waals surface area contributed by atoms with E-state index in [0.29, 0.717) is 12.3 Å². The third-order valence-corrected chi connectivity index (χ3v) is 4.54. The van der Waals surface area contributed by atoms with Crippen molar-refractivity contribution >= 4 is 5.91 Å². The molecule has 26 heavy (non-hydrogen) atoms. The van der Waals surface area contributed by atoms with Gasteiger partial charge < -0.3 is 10.1 Å². The molecule has 1 amide bonds. The number of hydrogen-bond acceptors (Lipinski definition) is 2. The van der Waals surface area contributed by atoms with Gasteiger partial charge in [0, 0.05) is 0 Å². The fourth-order valence-corrected chi connectivity index (χ4v) is 3.23. The molecule has 1 N–H and O–H groups in total. The first-order chi connectivity index (χ1) is 12.4. The lowest BCUT2D eigenvalue weighted by Gasteiger charge is -2.24. The monoisotopic (exact) mass is 363 g/mol. The molecule has 0 heterocycles. The summed E-state index contributed by atoms with van der Waals surface area (Å²) in [6.07, 6.45) is -1.56. The van der Waals surface area contributed by atoms with Crippen molar-refractivity contribution in [3.05, 3.63) is 65.2 Å². The molecule has 138 valence electrons. The predicted molar refractivity (Wildman–Crippen MR) is 92.1 cm³/mol. The van der Waals surface area contributed by atoms with Gasteiger partial charge in [-0.25, -0.2) is 0 Å². The minimum absolute atomic E-state index is 0.0341. The van der Waals surface area contributed by atoms with Gasteiger partial charge in [0.05, 0.1) is 18.0 Å². The fourth-order valence-electron chi connectivity index (χ4n) is 3.23. The molecule has 0 fully saturated rings. The zero-order valence-corrected chi connectivity index (χ0v) is 14.2. The second-order valence-corrected chi connectivity index (χ2v) is 6.31. The van der Waals surface area contributed by atoms with Crippen LogP contribution >= 0.6 is 0 Å². The third kappa shape index (κ3) is 4.36. The number of fused-ring (bicyclic) bond motifs is 1. The van der Waals surface area contributed by atoms with Crippen molar-refractivity contribution in [2.75, 3.05) is 13.2 Å². The van der Waals surface area contributed by atoms with Crippen LogP contribution in [0, 0.1) is 0 Å². The van der Waals surface area contributed by atoms with Crippen LogP contribution in [0.4, 0.5) is 13.2 Å². The summed E-state index contributed by atoms with van der Waals surface area (Å²) in [5.74, 6) is 0.162. The van der Waals surface area contributed by atoms with Crippen molar-refractivity contribution in [2.24, 2.45) is 0 Å². The van der Waals surface area contributed by atoms with Gasteiger partial charge in [0.2, 0.25) is 5.91 Å². The van der Waals surface area contributed by atoms with E-state index in [0.717, 1.165) is 37.0 Å². The Morgan fingerprint density at radius 3 is 2.58 bits per heavy atom. The highest BCUT2D eigenvalue weighted by molar-refractivity contribution is 5.84. The van der Waals surface area contributed by atoms with Crippen molar-refractivity contribution < 1.29 is 22.7 Å². The molecule has 0 saturated heterocycles. The Kier molecular flexibility index (Phi) is 5.49. The Morgan fingerprint density at radius 1 is 1.12 bits per heavy atom. The number of ether oxygens (including phenoxy) is 1. The molecule has 0 aliphatic heterocycles. The molecule has 0 saturated carbocycles. The summed E-state index contributed by atoms with van der Waals surface area (Å²) in [6, 6.07) is 12.5. The standard InChI is InChI=1S/C20H20F3NO2/c21-20(22,23)15-8-10-16(11-9-15)26-13-12-24-19(25)18-7-3-5-14-4-1-2-6-17(14)18/h1-2,4,6,8-11,18H,3,5,7,12-13H2,(H,24,25). The highest BCUT2D eigenvalue weighted by Gasteiger charge is 2.30. The lowest BCUT2D eigenvalue weighted by Crippen LogP contribution is -2.34. The molecule has 0 radical (unpaired) electrons. The van der Waals surface area contributed by atoms with Crippen LogP contribution in [0.1, 0.15) is 35.4 Å². The first kappa shape index (κ1) is 18.3. The normalized spacial score (nSPS) is 16.7. The molecular formula is C20H20F3NO2. The Hall–Kier alpha value is -2.50. The molecule has 1 unspecified atom stereocenters. The van der Waals surface area contributed by atoms with Crippen LogP contribution in [0.15, 0.2) is 48.5 Å². The number of benzene rings is 2. The van der Waals surface area contributed by atoms with Crippen LogP contribution in [-0.2, 0) is 17.4 Å². The number of rotatable bonds is 5. The van der Waals surface area contributed by atoms with Gasteiger partial charge in [-0.1, -0.05) is 24.3 Å². The number of carbonyl (C=O) groups is 1. The number of hydrogen-bond donors (Lipinski definition) is 1. The van der Waals surface area contributed by atoms with Gasteiger partial charge in [0.1, 0.15) is 12.4 Å². The highest BCUT2D eigenvalue weighted by atomic mass is 19.4. The first-order valence-corrected chi connectivity index (χ1v) is 8.61. The maximum atomic E-state index is 12.5. The summed E-state index contributed by atoms with van der Waals surface area (Å²) in [6.45, 7) is 0.504. The average Bonchev–Trinajstić information content (AvgIpc) is 2.64. The zero-order chi connectivity index (χ0) is 18.6. The Bertz CT molecular complexity index is 756. The van der Waals surface area contributed by atoms with Crippen LogP contribution in [0.25, 0.3) is 0 Å². The first-order valence-electron chi connectivity index (χ1n) is 8.61. The minimum atomic E-state index is -4.36. The van der Waals surface area contributed by atoms with E-state index < -0.39 is 11.7 Å². The highest BCUT2D eigenvalue weighted by Crippen LogP contribution is 2.32. The van der Waals surface area contributed by atoms with Gasteiger partial charge in [0.25, 0.3) is 0 Å². The van der Waals surface area contributed by atoms with Gasteiger partial charge in [-0.3, -0.25) is 4.79 Å². The maximum Gasteiger partial charge on any atom is 0.416 e. The Morgan fingerprint density at radius 2 is 1.85 bits per heavy atom. The van der Waals surface area contributed by atoms with E-state index in [1.807, 2.05) is 18.2 Å². The maximum absolute atomic E-state index is 12.5. The molecule has 0 bridgehead atoms. The zero-order valence-electron chi connectivity index (χ0n) is 14.2. The molecule has 3 nitrogen and oxygen atoms in total. The van der Waals surface area contributed by atoms with E-state index >= 15 is 0 Å². The molecule has 6 heteroatoms. The lowest BCUT2D eigenvalue weighted by molar-refractivity contribution is -0.137. The molecule has 2 aromatic carbocycles. The number of halogens is 3. The molecule has 3 rings (SSSR count). The van der Waals surface area contributed by atoms with Crippen molar-refractivity contribution in [2.45, 2.75) is 31.4 Å². The molecule has 0 aromatic heterocycles. The van der Waals surface area contributed by atoms with Crippen molar-refractivity contribution in [1.82, 2.24) is 5.32 Å². The second kappa shape index (κ2) is 7.81. The summed E-state index contributed by atoms with van der Waals surface area (Å²) in [7, 11) is 0. The minimum Gasteiger partial charge on any atom is -0.492 e. The van der Waals surface area contributed by atoms with Gasteiger partial charge in [-0.2, -0.15) is 13.2 Å². The number of alkyl halides is 3. The number of nitrogens with one attached hydrogen (secondary N) is 1. The smallest absolute Gasteiger partial charge is 0.416 e. The van der Waals surface area contributed by atoms with Gasteiger partial charge >= 0.3 is 6.18 Å². The van der Waals surface area contributed by atoms with Gasteiger partial charge in [-0.15, -0.1) is 0 Å². The summed E-state index contributed by atoms with van der Waals surface area (Å²) >= 11 is 0. The van der Waals surface area contributed by atoms with Crippen molar-refractivity contribution in [3.63, 3.8) is 0 Å². The van der Waals surface area contributed by atoms with Gasteiger partial charge in [0.15, 0.2) is 0 Å². The van der Waals surface area contributed by atoms with Crippen LogP contribution < -0.4 is 10.1 Å². The summed E-state index contributed by atoms with van der Waals surface area (Å²) in [5, 5.41) is 2.86. The van der Waals surface area contributed by atoms with Gasteiger partial charge in [-0.05, 0) is 54.7 Å². The number of aryl methyl sites for hydroxylation is 1. The topological polar surface area (TPSA) is 38.3 Å². The summed E-state index contributed by atoms with van der Waals surface area (Å²) in [5.41, 5.74) is 1.59. The Balaban J connectivity index is 1.48.